The Balaban J connectivity index is 1.28. The average Bonchev–Trinajstić information content (AvgIpc) is 3.53. The summed E-state index contributed by atoms with van der Waals surface area (Å²) in [5, 5.41) is 13.0. The van der Waals surface area contributed by atoms with Gasteiger partial charge >= 0.3 is 0 Å². The van der Waals surface area contributed by atoms with Crippen molar-refractivity contribution in [3.8, 4) is 0 Å². The standard InChI is InChI=1S/C23H32N6O2S/c1-3-27(18-9-4-8-17(2)16-18)13-7-12-24-21(31)19-10-5-14-28(19)22-25-26-23(32-22)29-15-6-11-20(29)30/h4,8-9,16,19H,3,5-7,10-15H2,1-2H3,(H,24,31). The van der Waals surface area contributed by atoms with E-state index in [1.54, 1.807) is 4.90 Å². The highest BCUT2D eigenvalue weighted by Gasteiger charge is 2.34. The summed E-state index contributed by atoms with van der Waals surface area (Å²) in [7, 11) is 0. The van der Waals surface area contributed by atoms with Gasteiger partial charge in [-0.3, -0.25) is 14.5 Å². The first-order chi connectivity index (χ1) is 15.6. The van der Waals surface area contributed by atoms with Gasteiger partial charge in [-0.25, -0.2) is 0 Å². The van der Waals surface area contributed by atoms with Crippen LogP contribution < -0.4 is 20.0 Å². The van der Waals surface area contributed by atoms with E-state index in [0.29, 0.717) is 24.6 Å². The first kappa shape index (κ1) is 22.5. The Morgan fingerprint density at radius 1 is 1.25 bits per heavy atom. The molecule has 8 nitrogen and oxygen atoms in total. The molecule has 1 aromatic heterocycles. The van der Waals surface area contributed by atoms with Gasteiger partial charge in [0.05, 0.1) is 0 Å². The molecule has 2 aliphatic rings. The zero-order chi connectivity index (χ0) is 22.5. The van der Waals surface area contributed by atoms with Crippen molar-refractivity contribution in [2.45, 2.75) is 52.0 Å². The second-order valence-corrected chi connectivity index (χ2v) is 9.37. The maximum atomic E-state index is 12.9. The van der Waals surface area contributed by atoms with Crippen LogP contribution in [0, 0.1) is 6.92 Å². The van der Waals surface area contributed by atoms with Gasteiger partial charge in [0.25, 0.3) is 0 Å². The SMILES string of the molecule is CCN(CCCNC(=O)C1CCCN1c1nnc(N2CCCC2=O)s1)c1cccc(C)c1. The molecule has 0 bridgehead atoms. The van der Waals surface area contributed by atoms with E-state index < -0.39 is 0 Å². The third kappa shape index (κ3) is 5.03. The molecule has 2 aromatic rings. The van der Waals surface area contributed by atoms with Gasteiger partial charge < -0.3 is 15.1 Å². The topological polar surface area (TPSA) is 81.7 Å². The van der Waals surface area contributed by atoms with E-state index in [0.717, 1.165) is 50.4 Å². The van der Waals surface area contributed by atoms with E-state index in [4.69, 9.17) is 0 Å². The van der Waals surface area contributed by atoms with Gasteiger partial charge in [-0.2, -0.15) is 0 Å². The Labute approximate surface area is 193 Å². The van der Waals surface area contributed by atoms with Crippen LogP contribution in [0.5, 0.6) is 0 Å². The molecule has 2 aliphatic heterocycles. The highest BCUT2D eigenvalue weighted by molar-refractivity contribution is 7.19. The van der Waals surface area contributed by atoms with Gasteiger partial charge in [-0.05, 0) is 57.2 Å². The summed E-state index contributed by atoms with van der Waals surface area (Å²) in [6.45, 7) is 8.24. The lowest BCUT2D eigenvalue weighted by atomic mass is 10.2. The molecule has 32 heavy (non-hydrogen) atoms. The Morgan fingerprint density at radius 2 is 2.09 bits per heavy atom. The van der Waals surface area contributed by atoms with Crippen LogP contribution in [0.2, 0.25) is 0 Å². The molecule has 3 heterocycles. The zero-order valence-corrected chi connectivity index (χ0v) is 19.7. The van der Waals surface area contributed by atoms with Gasteiger partial charge in [0.1, 0.15) is 6.04 Å². The van der Waals surface area contributed by atoms with Crippen LogP contribution in [0.15, 0.2) is 24.3 Å². The summed E-state index contributed by atoms with van der Waals surface area (Å²) >= 11 is 1.41. The predicted molar refractivity (Wildman–Crippen MR) is 129 cm³/mol. The number of carbonyl (C=O) groups excluding carboxylic acids is 2. The summed E-state index contributed by atoms with van der Waals surface area (Å²) in [6, 6.07) is 8.31. The largest absolute Gasteiger partial charge is 0.372 e. The minimum absolute atomic E-state index is 0.0510. The Kier molecular flexibility index (Phi) is 7.24. The summed E-state index contributed by atoms with van der Waals surface area (Å²) in [5.74, 6) is 0.158. The van der Waals surface area contributed by atoms with Crippen molar-refractivity contribution in [2.75, 3.05) is 47.4 Å². The van der Waals surface area contributed by atoms with Crippen LogP contribution in [-0.2, 0) is 9.59 Å². The number of benzene rings is 1. The maximum absolute atomic E-state index is 12.9. The van der Waals surface area contributed by atoms with Crippen molar-refractivity contribution >= 4 is 39.1 Å². The van der Waals surface area contributed by atoms with Gasteiger partial charge in [-0.1, -0.05) is 23.5 Å². The normalized spacial score (nSPS) is 18.4. The van der Waals surface area contributed by atoms with Crippen LogP contribution in [0.1, 0.15) is 44.6 Å². The minimum atomic E-state index is -0.218. The lowest BCUT2D eigenvalue weighted by Gasteiger charge is -2.25. The van der Waals surface area contributed by atoms with E-state index in [9.17, 15) is 9.59 Å². The zero-order valence-electron chi connectivity index (χ0n) is 18.9. The van der Waals surface area contributed by atoms with E-state index in [-0.39, 0.29) is 17.9 Å². The predicted octanol–water partition coefficient (Wildman–Crippen LogP) is 2.97. The van der Waals surface area contributed by atoms with Crippen LogP contribution in [0.25, 0.3) is 0 Å². The first-order valence-electron chi connectivity index (χ1n) is 11.6. The molecule has 0 radical (unpaired) electrons. The van der Waals surface area contributed by atoms with Gasteiger partial charge in [0.2, 0.25) is 22.1 Å². The molecule has 9 heteroatoms. The van der Waals surface area contributed by atoms with E-state index in [1.165, 1.54) is 22.6 Å². The number of nitrogens with one attached hydrogen (secondary N) is 1. The molecule has 4 rings (SSSR count). The lowest BCUT2D eigenvalue weighted by Crippen LogP contribution is -2.44. The molecule has 2 saturated heterocycles. The second-order valence-electron chi connectivity index (χ2n) is 8.43. The van der Waals surface area contributed by atoms with Crippen molar-refractivity contribution in [1.29, 1.82) is 0 Å². The van der Waals surface area contributed by atoms with E-state index in [1.807, 2.05) is 4.90 Å². The molecule has 1 unspecified atom stereocenters. The summed E-state index contributed by atoms with van der Waals surface area (Å²) in [5.41, 5.74) is 2.48. The number of amides is 2. The van der Waals surface area contributed by atoms with Crippen molar-refractivity contribution in [1.82, 2.24) is 15.5 Å². The van der Waals surface area contributed by atoms with Crippen LogP contribution in [0.3, 0.4) is 0 Å². The smallest absolute Gasteiger partial charge is 0.242 e. The molecule has 1 atom stereocenters. The van der Waals surface area contributed by atoms with Crippen molar-refractivity contribution < 1.29 is 9.59 Å². The fourth-order valence-electron chi connectivity index (χ4n) is 4.45. The number of hydrogen-bond acceptors (Lipinski definition) is 7. The monoisotopic (exact) mass is 456 g/mol. The van der Waals surface area contributed by atoms with Crippen molar-refractivity contribution in [3.63, 3.8) is 0 Å². The fourth-order valence-corrected chi connectivity index (χ4v) is 5.41. The molecule has 0 aliphatic carbocycles. The molecule has 172 valence electrons. The van der Waals surface area contributed by atoms with Crippen LogP contribution >= 0.6 is 11.3 Å². The number of rotatable bonds is 9. The average molecular weight is 457 g/mol. The molecule has 2 fully saturated rings. The van der Waals surface area contributed by atoms with Crippen LogP contribution in [-0.4, -0.2) is 60.8 Å². The van der Waals surface area contributed by atoms with Gasteiger partial charge in [0, 0.05) is 44.8 Å². The summed E-state index contributed by atoms with van der Waals surface area (Å²) in [6.07, 6.45) is 4.09. The Morgan fingerprint density at radius 3 is 2.84 bits per heavy atom. The molecule has 0 saturated carbocycles. The molecule has 2 amide bonds. The fraction of sp³-hybridized carbons (Fsp3) is 0.565. The highest BCUT2D eigenvalue weighted by Crippen LogP contribution is 2.33. The second kappa shape index (κ2) is 10.3. The summed E-state index contributed by atoms with van der Waals surface area (Å²) in [4.78, 5) is 31.0. The van der Waals surface area contributed by atoms with E-state index in [2.05, 4.69) is 58.5 Å². The quantitative estimate of drug-likeness (QED) is 0.584. The third-order valence-corrected chi connectivity index (χ3v) is 7.15. The molecule has 1 aromatic carbocycles. The minimum Gasteiger partial charge on any atom is -0.372 e. The number of nitrogens with zero attached hydrogens (tertiary/aromatic N) is 5. The van der Waals surface area contributed by atoms with Crippen LogP contribution in [0.4, 0.5) is 16.0 Å². The number of aromatic nitrogens is 2. The Bertz CT molecular complexity index is 948. The van der Waals surface area contributed by atoms with Crippen molar-refractivity contribution in [2.24, 2.45) is 0 Å². The lowest BCUT2D eigenvalue weighted by molar-refractivity contribution is -0.122. The number of anilines is 3. The third-order valence-electron chi connectivity index (χ3n) is 6.16. The summed E-state index contributed by atoms with van der Waals surface area (Å²) < 4.78 is 0. The number of carbonyl (C=O) groups is 2. The molecular weight excluding hydrogens is 424 g/mol. The number of aryl methyl sites for hydroxylation is 1. The highest BCUT2D eigenvalue weighted by atomic mass is 32.1. The molecule has 0 spiro atoms. The van der Waals surface area contributed by atoms with E-state index >= 15 is 0 Å². The maximum Gasteiger partial charge on any atom is 0.242 e. The molecule has 1 N–H and O–H groups in total. The van der Waals surface area contributed by atoms with Crippen molar-refractivity contribution in [3.05, 3.63) is 29.8 Å². The Hall–Kier alpha value is -2.68. The first-order valence-corrected chi connectivity index (χ1v) is 12.4. The number of hydrogen-bond donors (Lipinski definition) is 1. The molecular formula is C23H32N6O2S. The van der Waals surface area contributed by atoms with Gasteiger partial charge in [0.15, 0.2) is 0 Å². The van der Waals surface area contributed by atoms with Gasteiger partial charge in [-0.15, -0.1) is 10.2 Å².